The molecule has 1 unspecified atom stereocenters. The fourth-order valence-corrected chi connectivity index (χ4v) is 2.72. The van der Waals surface area contributed by atoms with Crippen LogP contribution in [0.1, 0.15) is 30.1 Å². The fraction of sp³-hybridized carbons (Fsp3) is 0.417. The number of hydrogen-bond acceptors (Lipinski definition) is 2. The number of nitrogens with zero attached hydrogens (tertiary/aromatic N) is 1. The van der Waals surface area contributed by atoms with Crippen LogP contribution in [-0.4, -0.2) is 23.7 Å². The molecule has 1 aliphatic rings. The Hall–Kier alpha value is -1.10. The number of hydrogen-bond donors (Lipinski definition) is 1. The molecule has 0 bridgehead atoms. The molecule has 92 valence electrons. The summed E-state index contributed by atoms with van der Waals surface area (Å²) in [4.78, 5) is 12.8. The molecule has 1 aromatic rings. The van der Waals surface area contributed by atoms with Crippen molar-refractivity contribution in [3.05, 3.63) is 28.0 Å². The zero-order chi connectivity index (χ0) is 12.6. The molecule has 17 heavy (non-hydrogen) atoms. The van der Waals surface area contributed by atoms with Crippen molar-refractivity contribution in [1.29, 1.82) is 0 Å². The summed E-state index contributed by atoms with van der Waals surface area (Å²) in [5.74, 6) is -1.62. The van der Waals surface area contributed by atoms with Crippen LogP contribution >= 0.6 is 15.9 Å². The Morgan fingerprint density at radius 1 is 1.59 bits per heavy atom. The van der Waals surface area contributed by atoms with Crippen molar-refractivity contribution in [1.82, 2.24) is 0 Å². The van der Waals surface area contributed by atoms with Gasteiger partial charge in [0.2, 0.25) is 0 Å². The molecule has 1 fully saturated rings. The van der Waals surface area contributed by atoms with Gasteiger partial charge < -0.3 is 10.0 Å². The number of carboxylic acid groups (broad SMARTS) is 1. The third-order valence-electron chi connectivity index (χ3n) is 3.15. The van der Waals surface area contributed by atoms with Gasteiger partial charge in [0.05, 0.1) is 15.7 Å². The zero-order valence-electron chi connectivity index (χ0n) is 9.41. The summed E-state index contributed by atoms with van der Waals surface area (Å²) >= 11 is 3.02. The highest BCUT2D eigenvalue weighted by Gasteiger charge is 2.25. The largest absolute Gasteiger partial charge is 0.478 e. The standard InChI is InChI=1S/C12H13BrFNO2/c1-7-3-2-6-15(7)9-5-4-8(12(16)17)10(13)11(9)14/h4-5,7H,2-3,6H2,1H3,(H,16,17). The second kappa shape index (κ2) is 4.64. The predicted molar refractivity (Wildman–Crippen MR) is 67.1 cm³/mol. The highest BCUT2D eigenvalue weighted by atomic mass is 79.9. The molecule has 0 saturated carbocycles. The molecule has 1 aromatic carbocycles. The van der Waals surface area contributed by atoms with E-state index in [9.17, 15) is 9.18 Å². The lowest BCUT2D eigenvalue weighted by molar-refractivity contribution is 0.0695. The Bertz CT molecular complexity index is 464. The van der Waals surface area contributed by atoms with Crippen LogP contribution in [0.15, 0.2) is 16.6 Å². The molecule has 0 aromatic heterocycles. The Labute approximate surface area is 107 Å². The van der Waals surface area contributed by atoms with Crippen molar-refractivity contribution >= 4 is 27.6 Å². The lowest BCUT2D eigenvalue weighted by Gasteiger charge is -2.24. The van der Waals surface area contributed by atoms with Crippen molar-refractivity contribution in [2.75, 3.05) is 11.4 Å². The molecule has 0 spiro atoms. The monoisotopic (exact) mass is 301 g/mol. The van der Waals surface area contributed by atoms with Crippen molar-refractivity contribution in [2.45, 2.75) is 25.8 Å². The third kappa shape index (κ3) is 2.16. The van der Waals surface area contributed by atoms with E-state index in [0.29, 0.717) is 11.7 Å². The van der Waals surface area contributed by atoms with E-state index in [1.807, 2.05) is 11.8 Å². The Balaban J connectivity index is 2.43. The van der Waals surface area contributed by atoms with E-state index in [-0.39, 0.29) is 10.0 Å². The maximum atomic E-state index is 14.1. The topological polar surface area (TPSA) is 40.5 Å². The van der Waals surface area contributed by atoms with Crippen LogP contribution in [0, 0.1) is 5.82 Å². The Kier molecular flexibility index (Phi) is 3.38. The summed E-state index contributed by atoms with van der Waals surface area (Å²) < 4.78 is 14.1. The molecule has 5 heteroatoms. The maximum absolute atomic E-state index is 14.1. The first kappa shape index (κ1) is 12.4. The van der Waals surface area contributed by atoms with Gasteiger partial charge in [-0.25, -0.2) is 9.18 Å². The Morgan fingerprint density at radius 3 is 2.82 bits per heavy atom. The van der Waals surface area contributed by atoms with E-state index in [4.69, 9.17) is 5.11 Å². The van der Waals surface area contributed by atoms with Gasteiger partial charge >= 0.3 is 5.97 Å². The predicted octanol–water partition coefficient (Wildman–Crippen LogP) is 3.28. The van der Waals surface area contributed by atoms with E-state index < -0.39 is 11.8 Å². The summed E-state index contributed by atoms with van der Waals surface area (Å²) in [7, 11) is 0. The second-order valence-corrected chi connectivity index (χ2v) is 5.04. The lowest BCUT2D eigenvalue weighted by atomic mass is 10.1. The smallest absolute Gasteiger partial charge is 0.336 e. The highest BCUT2D eigenvalue weighted by Crippen LogP contribution is 2.33. The first-order valence-corrected chi connectivity index (χ1v) is 6.29. The third-order valence-corrected chi connectivity index (χ3v) is 3.93. The van der Waals surface area contributed by atoms with Crippen LogP contribution in [0.5, 0.6) is 0 Å². The first-order valence-electron chi connectivity index (χ1n) is 5.50. The zero-order valence-corrected chi connectivity index (χ0v) is 11.0. The molecule has 1 heterocycles. The first-order chi connectivity index (χ1) is 8.02. The molecular weight excluding hydrogens is 289 g/mol. The number of carboxylic acids is 1. The number of aromatic carboxylic acids is 1. The minimum atomic E-state index is -1.13. The molecule has 0 radical (unpaired) electrons. The minimum Gasteiger partial charge on any atom is -0.478 e. The van der Waals surface area contributed by atoms with Gasteiger partial charge in [-0.2, -0.15) is 0 Å². The summed E-state index contributed by atoms with van der Waals surface area (Å²) in [6, 6.07) is 3.29. The van der Waals surface area contributed by atoms with Crippen LogP contribution in [0.2, 0.25) is 0 Å². The molecule has 3 nitrogen and oxygen atoms in total. The minimum absolute atomic E-state index is 0.0293. The van der Waals surface area contributed by atoms with E-state index in [2.05, 4.69) is 15.9 Å². The van der Waals surface area contributed by atoms with Crippen molar-refractivity contribution in [3.8, 4) is 0 Å². The quantitative estimate of drug-likeness (QED) is 0.911. The fourth-order valence-electron chi connectivity index (χ4n) is 2.22. The van der Waals surface area contributed by atoms with Gasteiger partial charge in [-0.15, -0.1) is 0 Å². The van der Waals surface area contributed by atoms with Gasteiger partial charge in [-0.1, -0.05) is 0 Å². The van der Waals surface area contributed by atoms with Crippen LogP contribution in [0.25, 0.3) is 0 Å². The number of anilines is 1. The van der Waals surface area contributed by atoms with Gasteiger partial charge in [0.25, 0.3) is 0 Å². The van der Waals surface area contributed by atoms with Crippen LogP contribution in [0.4, 0.5) is 10.1 Å². The normalized spacial score (nSPS) is 19.7. The molecule has 2 rings (SSSR count). The molecule has 1 aliphatic heterocycles. The lowest BCUT2D eigenvalue weighted by Crippen LogP contribution is -2.27. The number of halogens is 2. The molecule has 1 saturated heterocycles. The van der Waals surface area contributed by atoms with Crippen molar-refractivity contribution in [2.24, 2.45) is 0 Å². The average molecular weight is 302 g/mol. The van der Waals surface area contributed by atoms with E-state index in [1.54, 1.807) is 6.07 Å². The summed E-state index contributed by atoms with van der Waals surface area (Å²) in [6.45, 7) is 2.86. The van der Waals surface area contributed by atoms with Crippen LogP contribution in [-0.2, 0) is 0 Å². The van der Waals surface area contributed by atoms with Gasteiger partial charge in [-0.3, -0.25) is 0 Å². The highest BCUT2D eigenvalue weighted by molar-refractivity contribution is 9.10. The molecule has 0 amide bonds. The van der Waals surface area contributed by atoms with Crippen LogP contribution in [0.3, 0.4) is 0 Å². The second-order valence-electron chi connectivity index (χ2n) is 4.25. The number of benzene rings is 1. The van der Waals surface area contributed by atoms with E-state index >= 15 is 0 Å². The Morgan fingerprint density at radius 2 is 2.29 bits per heavy atom. The average Bonchev–Trinajstić information content (AvgIpc) is 2.68. The summed E-state index contributed by atoms with van der Waals surface area (Å²) in [6.07, 6.45) is 2.08. The van der Waals surface area contributed by atoms with Gasteiger partial charge in [-0.05, 0) is 47.8 Å². The molecule has 0 aliphatic carbocycles. The van der Waals surface area contributed by atoms with Crippen molar-refractivity contribution < 1.29 is 14.3 Å². The van der Waals surface area contributed by atoms with Gasteiger partial charge in [0.1, 0.15) is 0 Å². The summed E-state index contributed by atoms with van der Waals surface area (Å²) in [5.41, 5.74) is 0.435. The van der Waals surface area contributed by atoms with Gasteiger partial charge in [0, 0.05) is 12.6 Å². The molecule has 1 atom stereocenters. The number of rotatable bonds is 2. The van der Waals surface area contributed by atoms with E-state index in [1.165, 1.54) is 6.07 Å². The maximum Gasteiger partial charge on any atom is 0.336 e. The molecular formula is C12H13BrFNO2. The van der Waals surface area contributed by atoms with Crippen molar-refractivity contribution in [3.63, 3.8) is 0 Å². The SMILES string of the molecule is CC1CCCN1c1ccc(C(=O)O)c(Br)c1F. The van der Waals surface area contributed by atoms with E-state index in [0.717, 1.165) is 19.4 Å². The van der Waals surface area contributed by atoms with Gasteiger partial charge in [0.15, 0.2) is 5.82 Å². The molecule has 1 N–H and O–H groups in total. The summed E-state index contributed by atoms with van der Waals surface area (Å²) in [5, 5.41) is 8.89. The number of carbonyl (C=O) groups is 1. The van der Waals surface area contributed by atoms with Crippen LogP contribution < -0.4 is 4.90 Å².